The van der Waals surface area contributed by atoms with Gasteiger partial charge in [0.2, 0.25) is 0 Å². The minimum atomic E-state index is -0.938. The van der Waals surface area contributed by atoms with Crippen molar-refractivity contribution in [3.8, 4) is 0 Å². The number of nitrogens with one attached hydrogen (secondary N) is 2. The van der Waals surface area contributed by atoms with Crippen LogP contribution in [0.15, 0.2) is 0 Å². The van der Waals surface area contributed by atoms with E-state index in [9.17, 15) is 9.59 Å². The van der Waals surface area contributed by atoms with Gasteiger partial charge in [0.25, 0.3) is 0 Å². The van der Waals surface area contributed by atoms with Crippen LogP contribution in [0.2, 0.25) is 0 Å². The molecule has 1 unspecified atom stereocenters. The molecular formula is C7H15N3O3. The Kier molecular flexibility index (Phi) is 5.62. The van der Waals surface area contributed by atoms with E-state index < -0.39 is 5.97 Å². The molecule has 0 aliphatic carbocycles. The van der Waals surface area contributed by atoms with Crippen molar-refractivity contribution in [2.45, 2.75) is 19.4 Å². The van der Waals surface area contributed by atoms with Crippen molar-refractivity contribution in [1.82, 2.24) is 10.6 Å². The van der Waals surface area contributed by atoms with Crippen LogP contribution in [-0.2, 0) is 4.79 Å². The molecule has 6 heteroatoms. The van der Waals surface area contributed by atoms with Crippen LogP contribution in [-0.4, -0.2) is 36.2 Å². The molecule has 0 bridgehead atoms. The van der Waals surface area contributed by atoms with Gasteiger partial charge < -0.3 is 21.5 Å². The lowest BCUT2D eigenvalue weighted by atomic mass is 10.2. The first-order valence-corrected chi connectivity index (χ1v) is 4.02. The lowest BCUT2D eigenvalue weighted by Crippen LogP contribution is -2.43. The maximum Gasteiger partial charge on any atom is 0.315 e. The molecule has 5 N–H and O–H groups in total. The summed E-state index contributed by atoms with van der Waals surface area (Å²) in [5.41, 5.74) is 5.15. The summed E-state index contributed by atoms with van der Waals surface area (Å²) in [6, 6.07) is -0.769. The molecule has 0 radical (unpaired) electrons. The first-order valence-electron chi connectivity index (χ1n) is 4.02. The first kappa shape index (κ1) is 11.7. The molecule has 76 valence electrons. The third-order valence-corrected chi connectivity index (χ3v) is 1.29. The molecule has 1 atom stereocenters. The second kappa shape index (κ2) is 6.24. The highest BCUT2D eigenvalue weighted by Crippen LogP contribution is 1.89. The van der Waals surface area contributed by atoms with Crippen molar-refractivity contribution in [3.63, 3.8) is 0 Å². The largest absolute Gasteiger partial charge is 0.481 e. The van der Waals surface area contributed by atoms with Crippen molar-refractivity contribution in [3.05, 3.63) is 0 Å². The topological polar surface area (TPSA) is 104 Å². The fourth-order valence-corrected chi connectivity index (χ4v) is 0.773. The molecule has 6 nitrogen and oxygen atoms in total. The van der Waals surface area contributed by atoms with Gasteiger partial charge in [0.15, 0.2) is 0 Å². The summed E-state index contributed by atoms with van der Waals surface area (Å²) in [5, 5.41) is 13.3. The van der Waals surface area contributed by atoms with E-state index in [1.54, 1.807) is 6.92 Å². The van der Waals surface area contributed by atoms with Crippen molar-refractivity contribution >= 4 is 12.0 Å². The first-order chi connectivity index (χ1) is 6.06. The van der Waals surface area contributed by atoms with Gasteiger partial charge in [-0.3, -0.25) is 4.79 Å². The van der Waals surface area contributed by atoms with Gasteiger partial charge in [-0.2, -0.15) is 0 Å². The number of amides is 2. The van der Waals surface area contributed by atoms with Crippen LogP contribution in [0.25, 0.3) is 0 Å². The van der Waals surface area contributed by atoms with E-state index in [2.05, 4.69) is 10.6 Å². The highest BCUT2D eigenvalue weighted by molar-refractivity contribution is 5.75. The van der Waals surface area contributed by atoms with Crippen LogP contribution in [0, 0.1) is 0 Å². The zero-order valence-corrected chi connectivity index (χ0v) is 7.54. The fourth-order valence-electron chi connectivity index (χ4n) is 0.773. The van der Waals surface area contributed by atoms with Gasteiger partial charge in [-0.1, -0.05) is 0 Å². The summed E-state index contributed by atoms with van der Waals surface area (Å²) in [6.07, 6.45) is -0.0873. The van der Waals surface area contributed by atoms with Gasteiger partial charge in [0.05, 0.1) is 6.42 Å². The van der Waals surface area contributed by atoms with Crippen LogP contribution >= 0.6 is 0 Å². The number of aliphatic carboxylic acids is 1. The third kappa shape index (κ3) is 7.07. The van der Waals surface area contributed by atoms with Crippen molar-refractivity contribution in [1.29, 1.82) is 0 Å². The number of rotatable bonds is 5. The average Bonchev–Trinajstić information content (AvgIpc) is 1.98. The lowest BCUT2D eigenvalue weighted by Gasteiger charge is -2.11. The van der Waals surface area contributed by atoms with Gasteiger partial charge in [0, 0.05) is 19.1 Å². The summed E-state index contributed by atoms with van der Waals surface area (Å²) in [7, 11) is 0. The number of carbonyl (C=O) groups excluding carboxylic acids is 1. The number of hydrogen-bond donors (Lipinski definition) is 4. The Morgan fingerprint density at radius 3 is 2.62 bits per heavy atom. The summed E-state index contributed by atoms with van der Waals surface area (Å²) in [6.45, 7) is 2.36. The second-order valence-electron chi connectivity index (χ2n) is 2.69. The summed E-state index contributed by atoms with van der Waals surface area (Å²) >= 11 is 0. The number of carboxylic acid groups (broad SMARTS) is 1. The zero-order chi connectivity index (χ0) is 10.3. The van der Waals surface area contributed by atoms with Gasteiger partial charge in [0.1, 0.15) is 0 Å². The molecule has 0 aromatic carbocycles. The van der Waals surface area contributed by atoms with Crippen molar-refractivity contribution in [2.75, 3.05) is 13.1 Å². The summed E-state index contributed by atoms with van der Waals surface area (Å²) in [5.74, 6) is -0.938. The monoisotopic (exact) mass is 189 g/mol. The second-order valence-corrected chi connectivity index (χ2v) is 2.69. The highest BCUT2D eigenvalue weighted by Gasteiger charge is 2.09. The SMILES string of the molecule is CC(CC(=O)O)NC(=O)NCCN. The summed E-state index contributed by atoms with van der Waals surface area (Å²) in [4.78, 5) is 21.1. The van der Waals surface area contributed by atoms with E-state index in [0.717, 1.165) is 0 Å². The zero-order valence-electron chi connectivity index (χ0n) is 7.54. The molecule has 0 aliphatic heterocycles. The minimum absolute atomic E-state index is 0.0873. The highest BCUT2D eigenvalue weighted by atomic mass is 16.4. The molecule has 0 fully saturated rings. The van der Waals surface area contributed by atoms with Gasteiger partial charge in [-0.05, 0) is 6.92 Å². The number of urea groups is 1. The molecule has 0 aromatic heterocycles. The predicted octanol–water partition coefficient (Wildman–Crippen LogP) is -0.892. The molecule has 0 aliphatic rings. The molecule has 13 heavy (non-hydrogen) atoms. The number of carboxylic acids is 1. The number of hydrogen-bond acceptors (Lipinski definition) is 3. The van der Waals surface area contributed by atoms with Gasteiger partial charge in [-0.15, -0.1) is 0 Å². The van der Waals surface area contributed by atoms with E-state index in [1.165, 1.54) is 0 Å². The fraction of sp³-hybridized carbons (Fsp3) is 0.714. The van der Waals surface area contributed by atoms with Crippen LogP contribution in [0.5, 0.6) is 0 Å². The average molecular weight is 189 g/mol. The van der Waals surface area contributed by atoms with Crippen LogP contribution < -0.4 is 16.4 Å². The predicted molar refractivity (Wildman–Crippen MR) is 47.3 cm³/mol. The molecule has 2 amide bonds. The molecule has 0 saturated carbocycles. The molecule has 0 saturated heterocycles. The van der Waals surface area contributed by atoms with E-state index in [-0.39, 0.29) is 18.5 Å². The molecule has 0 aromatic rings. The summed E-state index contributed by atoms with van der Waals surface area (Å²) < 4.78 is 0. The molecule has 0 rings (SSSR count). The quantitative estimate of drug-likeness (QED) is 0.450. The maximum atomic E-state index is 10.9. The maximum absolute atomic E-state index is 10.9. The van der Waals surface area contributed by atoms with E-state index in [1.807, 2.05) is 0 Å². The molecule has 0 heterocycles. The Morgan fingerprint density at radius 2 is 2.15 bits per heavy atom. The van der Waals surface area contributed by atoms with Crippen LogP contribution in [0.1, 0.15) is 13.3 Å². The Bertz CT molecular complexity index is 184. The van der Waals surface area contributed by atoms with Gasteiger partial charge >= 0.3 is 12.0 Å². The van der Waals surface area contributed by atoms with Gasteiger partial charge in [-0.25, -0.2) is 4.79 Å². The van der Waals surface area contributed by atoms with Crippen LogP contribution in [0.3, 0.4) is 0 Å². The molecule has 0 spiro atoms. The Balaban J connectivity index is 3.59. The normalized spacial score (nSPS) is 11.8. The van der Waals surface area contributed by atoms with Crippen molar-refractivity contribution < 1.29 is 14.7 Å². The van der Waals surface area contributed by atoms with E-state index in [4.69, 9.17) is 10.8 Å². The van der Waals surface area contributed by atoms with Crippen molar-refractivity contribution in [2.24, 2.45) is 5.73 Å². The minimum Gasteiger partial charge on any atom is -0.481 e. The third-order valence-electron chi connectivity index (χ3n) is 1.29. The Hall–Kier alpha value is -1.30. The van der Waals surface area contributed by atoms with E-state index in [0.29, 0.717) is 13.1 Å². The smallest absolute Gasteiger partial charge is 0.315 e. The van der Waals surface area contributed by atoms with Crippen LogP contribution in [0.4, 0.5) is 4.79 Å². The standard InChI is InChI=1S/C7H15N3O3/c1-5(4-6(11)12)10-7(13)9-3-2-8/h5H,2-4,8H2,1H3,(H,11,12)(H2,9,10,13). The Labute approximate surface area is 76.5 Å². The number of carbonyl (C=O) groups is 2. The lowest BCUT2D eigenvalue weighted by molar-refractivity contribution is -0.137. The molecular weight excluding hydrogens is 174 g/mol. The van der Waals surface area contributed by atoms with E-state index >= 15 is 0 Å². The Morgan fingerprint density at radius 1 is 1.54 bits per heavy atom. The number of nitrogens with two attached hydrogens (primary N) is 1.